The molecule has 0 saturated heterocycles. The molecule has 3 rings (SSSR count). The van der Waals surface area contributed by atoms with E-state index in [2.05, 4.69) is 14.9 Å². The van der Waals surface area contributed by atoms with E-state index in [0.29, 0.717) is 28.3 Å². The van der Waals surface area contributed by atoms with Crippen LogP contribution in [0.4, 0.5) is 0 Å². The zero-order valence-electron chi connectivity index (χ0n) is 13.9. The second-order valence-corrected chi connectivity index (χ2v) is 6.55. The third-order valence-corrected chi connectivity index (χ3v) is 4.61. The molecule has 0 spiro atoms. The molecule has 136 valence electrons. The van der Waals surface area contributed by atoms with E-state index in [1.165, 1.54) is 18.9 Å². The van der Waals surface area contributed by atoms with E-state index in [1.54, 1.807) is 30.5 Å². The maximum atomic E-state index is 11.4. The van der Waals surface area contributed by atoms with Crippen LogP contribution in [-0.2, 0) is 22.7 Å². The summed E-state index contributed by atoms with van der Waals surface area (Å²) in [5.74, 6) is 1.85. The monoisotopic (exact) mass is 393 g/mol. The molecular weight excluding hydrogens is 378 g/mol. The number of methoxy groups -OCH3 is 1. The van der Waals surface area contributed by atoms with Crippen LogP contribution >= 0.6 is 23.4 Å². The van der Waals surface area contributed by atoms with Gasteiger partial charge in [-0.1, -0.05) is 23.4 Å². The summed E-state index contributed by atoms with van der Waals surface area (Å²) < 4.78 is 17.7. The Morgan fingerprint density at radius 2 is 2.08 bits per heavy atom. The highest BCUT2D eigenvalue weighted by molar-refractivity contribution is 7.99. The van der Waals surface area contributed by atoms with Crippen LogP contribution in [0, 0.1) is 0 Å². The van der Waals surface area contributed by atoms with E-state index in [-0.39, 0.29) is 18.3 Å². The predicted octanol–water partition coefficient (Wildman–Crippen LogP) is 3.42. The van der Waals surface area contributed by atoms with Gasteiger partial charge in [-0.3, -0.25) is 9.36 Å². The smallest absolute Gasteiger partial charge is 0.316 e. The molecule has 1 aromatic carbocycles. The van der Waals surface area contributed by atoms with Crippen molar-refractivity contribution in [2.75, 3.05) is 12.9 Å². The minimum atomic E-state index is -0.332. The topological polar surface area (TPSA) is 79.4 Å². The number of hydrogen-bond donors (Lipinski definition) is 0. The molecule has 0 amide bonds. The molecule has 0 atom stereocenters. The fourth-order valence-electron chi connectivity index (χ4n) is 2.11. The first-order valence-electron chi connectivity index (χ1n) is 7.68. The largest absolute Gasteiger partial charge is 0.486 e. The van der Waals surface area contributed by atoms with Crippen LogP contribution in [0.2, 0.25) is 5.02 Å². The second-order valence-electron chi connectivity index (χ2n) is 5.17. The highest BCUT2D eigenvalue weighted by Crippen LogP contribution is 2.21. The summed E-state index contributed by atoms with van der Waals surface area (Å²) in [7, 11) is 1.35. The predicted molar refractivity (Wildman–Crippen MR) is 96.4 cm³/mol. The van der Waals surface area contributed by atoms with Crippen LogP contribution in [0.25, 0.3) is 0 Å². The summed E-state index contributed by atoms with van der Waals surface area (Å²) in [5, 5.41) is 9.56. The zero-order valence-corrected chi connectivity index (χ0v) is 15.5. The Balaban J connectivity index is 1.75. The van der Waals surface area contributed by atoms with Crippen molar-refractivity contribution >= 4 is 29.3 Å². The summed E-state index contributed by atoms with van der Waals surface area (Å²) in [5.41, 5.74) is 0. The minimum Gasteiger partial charge on any atom is -0.486 e. The molecular formula is C17H16ClN3O4S. The van der Waals surface area contributed by atoms with Gasteiger partial charge in [0.1, 0.15) is 18.1 Å². The van der Waals surface area contributed by atoms with Crippen molar-refractivity contribution in [3.05, 3.63) is 59.3 Å². The summed E-state index contributed by atoms with van der Waals surface area (Å²) in [6.07, 6.45) is 1.60. The summed E-state index contributed by atoms with van der Waals surface area (Å²) >= 11 is 7.12. The standard InChI is InChI=1S/C17H16ClN3O4S/c1-23-16(22)11-26-17-20-19-15(21(17)9-14-3-2-8-24-14)10-25-13-6-4-12(18)5-7-13/h2-8H,9-11H2,1H3. The number of benzene rings is 1. The van der Waals surface area contributed by atoms with Gasteiger partial charge in [0.2, 0.25) is 0 Å². The first kappa shape index (κ1) is 18.3. The first-order valence-corrected chi connectivity index (χ1v) is 9.04. The number of nitrogens with zero attached hydrogens (tertiary/aromatic N) is 3. The normalized spacial score (nSPS) is 10.7. The Morgan fingerprint density at radius 3 is 2.77 bits per heavy atom. The van der Waals surface area contributed by atoms with Crippen LogP contribution in [-0.4, -0.2) is 33.6 Å². The van der Waals surface area contributed by atoms with Gasteiger partial charge in [0.15, 0.2) is 11.0 Å². The molecule has 0 bridgehead atoms. The molecule has 0 saturated carbocycles. The number of ether oxygens (including phenoxy) is 2. The molecule has 0 radical (unpaired) electrons. The maximum absolute atomic E-state index is 11.4. The van der Waals surface area contributed by atoms with Gasteiger partial charge in [-0.2, -0.15) is 0 Å². The zero-order chi connectivity index (χ0) is 18.4. The van der Waals surface area contributed by atoms with Crippen LogP contribution in [0.5, 0.6) is 5.75 Å². The molecule has 3 aromatic rings. The third kappa shape index (κ3) is 4.80. The summed E-state index contributed by atoms with van der Waals surface area (Å²) in [6.45, 7) is 0.650. The summed E-state index contributed by atoms with van der Waals surface area (Å²) in [6, 6.07) is 10.7. The quantitative estimate of drug-likeness (QED) is 0.428. The van der Waals surface area contributed by atoms with Gasteiger partial charge < -0.3 is 13.9 Å². The number of aromatic nitrogens is 3. The third-order valence-electron chi connectivity index (χ3n) is 3.42. The molecule has 0 aliphatic carbocycles. The van der Waals surface area contributed by atoms with E-state index >= 15 is 0 Å². The number of hydrogen-bond acceptors (Lipinski definition) is 7. The van der Waals surface area contributed by atoms with Gasteiger partial charge in [-0.15, -0.1) is 10.2 Å². The van der Waals surface area contributed by atoms with Crippen molar-refractivity contribution in [2.45, 2.75) is 18.3 Å². The average Bonchev–Trinajstić information content (AvgIpc) is 3.30. The van der Waals surface area contributed by atoms with Gasteiger partial charge in [0.05, 0.1) is 25.7 Å². The maximum Gasteiger partial charge on any atom is 0.316 e. The van der Waals surface area contributed by atoms with Crippen molar-refractivity contribution in [3.8, 4) is 5.75 Å². The van der Waals surface area contributed by atoms with Gasteiger partial charge in [-0.25, -0.2) is 0 Å². The molecule has 9 heteroatoms. The Bertz CT molecular complexity index is 850. The van der Waals surface area contributed by atoms with Gasteiger partial charge >= 0.3 is 5.97 Å². The van der Waals surface area contributed by atoms with Crippen LogP contribution in [0.3, 0.4) is 0 Å². The molecule has 0 fully saturated rings. The highest BCUT2D eigenvalue weighted by Gasteiger charge is 2.16. The van der Waals surface area contributed by atoms with Crippen molar-refractivity contribution in [1.29, 1.82) is 0 Å². The Hall–Kier alpha value is -2.45. The number of furan rings is 1. The number of carbonyl (C=O) groups is 1. The van der Waals surface area contributed by atoms with Crippen LogP contribution in [0.1, 0.15) is 11.6 Å². The van der Waals surface area contributed by atoms with Crippen molar-refractivity contribution in [1.82, 2.24) is 14.8 Å². The van der Waals surface area contributed by atoms with E-state index in [4.69, 9.17) is 20.8 Å². The van der Waals surface area contributed by atoms with Gasteiger partial charge in [-0.05, 0) is 36.4 Å². The van der Waals surface area contributed by atoms with E-state index in [1.807, 2.05) is 16.7 Å². The first-order chi connectivity index (χ1) is 12.7. The van der Waals surface area contributed by atoms with Gasteiger partial charge in [0, 0.05) is 5.02 Å². The SMILES string of the molecule is COC(=O)CSc1nnc(COc2ccc(Cl)cc2)n1Cc1ccco1. The lowest BCUT2D eigenvalue weighted by Gasteiger charge is -2.10. The molecule has 0 unspecified atom stereocenters. The summed E-state index contributed by atoms with van der Waals surface area (Å²) in [4.78, 5) is 11.4. The number of rotatable bonds is 8. The minimum absolute atomic E-state index is 0.144. The number of esters is 1. The lowest BCUT2D eigenvalue weighted by Crippen LogP contribution is -2.10. The fraction of sp³-hybridized carbons (Fsp3) is 0.235. The van der Waals surface area contributed by atoms with Crippen molar-refractivity contribution in [3.63, 3.8) is 0 Å². The number of halogens is 1. The van der Waals surface area contributed by atoms with E-state index < -0.39 is 0 Å². The van der Waals surface area contributed by atoms with Crippen molar-refractivity contribution in [2.24, 2.45) is 0 Å². The Morgan fingerprint density at radius 1 is 1.27 bits per heavy atom. The van der Waals surface area contributed by atoms with Crippen molar-refractivity contribution < 1.29 is 18.7 Å². The Labute approximate surface area is 159 Å². The second kappa shape index (κ2) is 8.77. The van der Waals surface area contributed by atoms with E-state index in [0.717, 1.165) is 5.76 Å². The number of thioether (sulfide) groups is 1. The highest BCUT2D eigenvalue weighted by atomic mass is 35.5. The fourth-order valence-corrected chi connectivity index (χ4v) is 3.03. The number of carbonyl (C=O) groups excluding carboxylic acids is 1. The van der Waals surface area contributed by atoms with Gasteiger partial charge in [0.25, 0.3) is 0 Å². The Kier molecular flexibility index (Phi) is 6.19. The average molecular weight is 394 g/mol. The molecule has 0 aliphatic heterocycles. The lowest BCUT2D eigenvalue weighted by atomic mass is 10.3. The van der Waals surface area contributed by atoms with Crippen LogP contribution in [0.15, 0.2) is 52.2 Å². The molecule has 26 heavy (non-hydrogen) atoms. The van der Waals surface area contributed by atoms with E-state index in [9.17, 15) is 4.79 Å². The molecule has 7 nitrogen and oxygen atoms in total. The molecule has 2 heterocycles. The molecule has 0 aliphatic rings. The molecule has 0 N–H and O–H groups in total. The molecule has 2 aromatic heterocycles. The lowest BCUT2D eigenvalue weighted by molar-refractivity contribution is -0.137. The van der Waals surface area contributed by atoms with Crippen LogP contribution < -0.4 is 4.74 Å².